The molecule has 2 heterocycles. The zero-order valence-corrected chi connectivity index (χ0v) is 11.4. The van der Waals surface area contributed by atoms with E-state index in [0.717, 1.165) is 32.5 Å². The molecule has 0 aromatic rings. The van der Waals surface area contributed by atoms with Gasteiger partial charge in [-0.1, -0.05) is 0 Å². The van der Waals surface area contributed by atoms with Crippen LogP contribution in [0, 0.1) is 0 Å². The summed E-state index contributed by atoms with van der Waals surface area (Å²) in [5, 5.41) is 9.45. The monoisotopic (exact) mass is 285 g/mol. The fourth-order valence-electron chi connectivity index (χ4n) is 2.00. The Hall–Kier alpha value is -0.0700. The molecule has 102 valence electrons. The number of carbonyl (C=O) groups excluding carboxylic acids is 1. The summed E-state index contributed by atoms with van der Waals surface area (Å²) in [6.07, 6.45) is 1.90. The molecule has 0 aliphatic carbocycles. The summed E-state index contributed by atoms with van der Waals surface area (Å²) in [7, 11) is 0. The van der Waals surface area contributed by atoms with Crippen LogP contribution in [0.15, 0.2) is 0 Å². The number of morpholine rings is 1. The number of rotatable bonds is 2. The number of hydrogen-bond acceptors (Lipinski definition) is 4. The van der Waals surface area contributed by atoms with Gasteiger partial charge in [0, 0.05) is 25.7 Å². The first-order valence-electron chi connectivity index (χ1n) is 5.69. The third-order valence-electron chi connectivity index (χ3n) is 2.86. The van der Waals surface area contributed by atoms with Crippen molar-refractivity contribution >= 4 is 30.7 Å². The maximum absolute atomic E-state index is 11.8. The summed E-state index contributed by atoms with van der Waals surface area (Å²) in [5.74, 6) is 0.0240. The summed E-state index contributed by atoms with van der Waals surface area (Å²) >= 11 is 0. The van der Waals surface area contributed by atoms with E-state index in [1.165, 1.54) is 0 Å². The van der Waals surface area contributed by atoms with E-state index in [1.54, 1.807) is 0 Å². The molecular formula is C10H21Cl2N3O2. The fraction of sp³-hybridized carbons (Fsp3) is 0.900. The van der Waals surface area contributed by atoms with Crippen LogP contribution in [0.2, 0.25) is 0 Å². The molecule has 2 aliphatic rings. The largest absolute Gasteiger partial charge is 0.366 e. The van der Waals surface area contributed by atoms with Gasteiger partial charge in [-0.15, -0.1) is 24.8 Å². The Labute approximate surface area is 114 Å². The highest BCUT2D eigenvalue weighted by Gasteiger charge is 2.24. The van der Waals surface area contributed by atoms with Gasteiger partial charge in [0.2, 0.25) is 0 Å². The second kappa shape index (κ2) is 8.94. The van der Waals surface area contributed by atoms with Crippen molar-refractivity contribution in [3.63, 3.8) is 0 Å². The molecule has 0 radical (unpaired) electrons. The molecule has 0 spiro atoms. The van der Waals surface area contributed by atoms with Crippen LogP contribution in [-0.4, -0.2) is 50.8 Å². The minimum absolute atomic E-state index is 0. The van der Waals surface area contributed by atoms with Crippen LogP contribution in [0.1, 0.15) is 12.8 Å². The average Bonchev–Trinajstić information content (AvgIpc) is 2.31. The van der Waals surface area contributed by atoms with Crippen LogP contribution in [0.3, 0.4) is 0 Å². The fourth-order valence-corrected chi connectivity index (χ4v) is 2.00. The Morgan fingerprint density at radius 1 is 1.18 bits per heavy atom. The van der Waals surface area contributed by atoms with Crippen LogP contribution >= 0.6 is 24.8 Å². The van der Waals surface area contributed by atoms with E-state index >= 15 is 0 Å². The van der Waals surface area contributed by atoms with Gasteiger partial charge >= 0.3 is 0 Å². The summed E-state index contributed by atoms with van der Waals surface area (Å²) in [6, 6.07) is 0.275. The Morgan fingerprint density at radius 3 is 2.53 bits per heavy atom. The highest BCUT2D eigenvalue weighted by atomic mass is 35.5. The lowest BCUT2D eigenvalue weighted by Gasteiger charge is -2.28. The maximum Gasteiger partial charge on any atom is 0.250 e. The molecule has 1 amide bonds. The van der Waals surface area contributed by atoms with Crippen molar-refractivity contribution in [2.24, 2.45) is 0 Å². The molecule has 2 fully saturated rings. The number of carbonyl (C=O) groups is 1. The Kier molecular flexibility index (Phi) is 8.90. The van der Waals surface area contributed by atoms with E-state index in [9.17, 15) is 4.79 Å². The van der Waals surface area contributed by atoms with Gasteiger partial charge in [-0.25, -0.2) is 0 Å². The molecule has 0 bridgehead atoms. The van der Waals surface area contributed by atoms with Gasteiger partial charge in [-0.3, -0.25) is 4.79 Å². The first-order valence-corrected chi connectivity index (χ1v) is 5.69. The van der Waals surface area contributed by atoms with Crippen LogP contribution in [0.5, 0.6) is 0 Å². The SMILES string of the molecule is Cl.Cl.O=C(N[C@@H]1CCCNC1)[C@H]1CNCCO1. The summed E-state index contributed by atoms with van der Waals surface area (Å²) in [4.78, 5) is 11.8. The predicted octanol–water partition coefficient (Wildman–Crippen LogP) is -0.313. The van der Waals surface area contributed by atoms with Crippen molar-refractivity contribution in [1.29, 1.82) is 0 Å². The average molecular weight is 286 g/mol. The van der Waals surface area contributed by atoms with Gasteiger partial charge in [0.15, 0.2) is 0 Å². The van der Waals surface area contributed by atoms with Crippen molar-refractivity contribution in [2.45, 2.75) is 25.0 Å². The van der Waals surface area contributed by atoms with Crippen molar-refractivity contribution in [1.82, 2.24) is 16.0 Å². The number of ether oxygens (including phenoxy) is 1. The molecule has 2 atom stereocenters. The summed E-state index contributed by atoms with van der Waals surface area (Å²) < 4.78 is 5.39. The molecule has 2 saturated heterocycles. The molecule has 2 aliphatic heterocycles. The second-order valence-corrected chi connectivity index (χ2v) is 4.12. The quantitative estimate of drug-likeness (QED) is 0.651. The zero-order valence-electron chi connectivity index (χ0n) is 9.74. The van der Waals surface area contributed by atoms with Crippen LogP contribution in [0.25, 0.3) is 0 Å². The van der Waals surface area contributed by atoms with E-state index in [2.05, 4.69) is 16.0 Å². The van der Waals surface area contributed by atoms with Crippen molar-refractivity contribution in [3.05, 3.63) is 0 Å². The number of piperidine rings is 1. The van der Waals surface area contributed by atoms with Crippen LogP contribution in [0.4, 0.5) is 0 Å². The van der Waals surface area contributed by atoms with Gasteiger partial charge < -0.3 is 20.7 Å². The van der Waals surface area contributed by atoms with Gasteiger partial charge in [0.25, 0.3) is 5.91 Å². The molecule has 5 nitrogen and oxygen atoms in total. The third-order valence-corrected chi connectivity index (χ3v) is 2.86. The summed E-state index contributed by atoms with van der Waals surface area (Å²) in [6.45, 7) is 4.04. The molecule has 0 aromatic heterocycles. The topological polar surface area (TPSA) is 62.4 Å². The van der Waals surface area contributed by atoms with E-state index in [4.69, 9.17) is 4.74 Å². The minimum atomic E-state index is -0.305. The molecule has 0 saturated carbocycles. The normalized spacial score (nSPS) is 28.5. The molecular weight excluding hydrogens is 265 g/mol. The third kappa shape index (κ3) is 5.40. The second-order valence-electron chi connectivity index (χ2n) is 4.12. The van der Waals surface area contributed by atoms with Crippen LogP contribution in [-0.2, 0) is 9.53 Å². The number of amides is 1. The van der Waals surface area contributed by atoms with Crippen molar-refractivity contribution in [3.8, 4) is 0 Å². The maximum atomic E-state index is 11.8. The van der Waals surface area contributed by atoms with Gasteiger partial charge in [-0.2, -0.15) is 0 Å². The van der Waals surface area contributed by atoms with E-state index in [0.29, 0.717) is 13.2 Å². The Morgan fingerprint density at radius 2 is 1.94 bits per heavy atom. The first-order chi connectivity index (χ1) is 7.36. The van der Waals surface area contributed by atoms with Crippen LogP contribution < -0.4 is 16.0 Å². The Bertz CT molecular complexity index is 220. The van der Waals surface area contributed by atoms with Gasteiger partial charge in [0.05, 0.1) is 6.61 Å². The predicted molar refractivity (Wildman–Crippen MR) is 71.1 cm³/mol. The van der Waals surface area contributed by atoms with Gasteiger partial charge in [0.1, 0.15) is 6.10 Å². The number of hydrogen-bond donors (Lipinski definition) is 3. The van der Waals surface area contributed by atoms with Crippen molar-refractivity contribution < 1.29 is 9.53 Å². The highest BCUT2D eigenvalue weighted by Crippen LogP contribution is 2.03. The summed E-state index contributed by atoms with van der Waals surface area (Å²) in [5.41, 5.74) is 0. The standard InChI is InChI=1S/C10H19N3O2.2ClH/c14-10(9-7-12-4-5-15-9)13-8-2-1-3-11-6-8;;/h8-9,11-12H,1-7H2,(H,13,14);2*1H/t8-,9-;;/m1../s1. The lowest BCUT2D eigenvalue weighted by molar-refractivity contribution is -0.135. The highest BCUT2D eigenvalue weighted by molar-refractivity contribution is 5.85. The first kappa shape index (κ1) is 16.9. The van der Waals surface area contributed by atoms with Gasteiger partial charge in [-0.05, 0) is 19.4 Å². The molecule has 17 heavy (non-hydrogen) atoms. The smallest absolute Gasteiger partial charge is 0.250 e. The Balaban J connectivity index is 0.00000128. The molecule has 7 heteroatoms. The molecule has 0 unspecified atom stereocenters. The molecule has 0 aromatic carbocycles. The molecule has 2 rings (SSSR count). The van der Waals surface area contributed by atoms with E-state index in [1.807, 2.05) is 0 Å². The number of halogens is 2. The zero-order chi connectivity index (χ0) is 10.5. The minimum Gasteiger partial charge on any atom is -0.366 e. The van der Waals surface area contributed by atoms with Crippen molar-refractivity contribution in [2.75, 3.05) is 32.8 Å². The lowest BCUT2D eigenvalue weighted by Crippen LogP contribution is -2.53. The van der Waals surface area contributed by atoms with E-state index < -0.39 is 0 Å². The molecule has 3 N–H and O–H groups in total. The lowest BCUT2D eigenvalue weighted by atomic mass is 10.1. The number of nitrogens with one attached hydrogen (secondary N) is 3. The van der Waals surface area contributed by atoms with E-state index in [-0.39, 0.29) is 42.9 Å².